The van der Waals surface area contributed by atoms with Gasteiger partial charge in [0, 0.05) is 19.4 Å². The Hall–Kier alpha value is -0.960. The van der Waals surface area contributed by atoms with Crippen molar-refractivity contribution in [1.82, 2.24) is 4.90 Å². The fourth-order valence-corrected chi connectivity index (χ4v) is 1.45. The molecular weight excluding hydrogens is 186 g/mol. The van der Waals surface area contributed by atoms with Crippen LogP contribution in [0, 0.1) is 24.2 Å². The normalized spacial score (nSPS) is 15.7. The van der Waals surface area contributed by atoms with Gasteiger partial charge in [-0.05, 0) is 12.8 Å². The van der Waals surface area contributed by atoms with Crippen LogP contribution in [0.4, 0.5) is 0 Å². The molecule has 1 heterocycles. The van der Waals surface area contributed by atoms with Crippen molar-refractivity contribution in [2.75, 3.05) is 26.4 Å². The minimum Gasteiger partial charge on any atom is -0.365 e. The number of nitrogens with zero attached hydrogens (tertiary/aromatic N) is 1. The van der Waals surface area contributed by atoms with E-state index in [1.54, 1.807) is 0 Å². The van der Waals surface area contributed by atoms with E-state index in [4.69, 9.17) is 11.2 Å². The van der Waals surface area contributed by atoms with Crippen LogP contribution in [0.3, 0.4) is 0 Å². The second kappa shape index (κ2) is 8.36. The molecular formula is C13H19NO. The van der Waals surface area contributed by atoms with Gasteiger partial charge in [0.2, 0.25) is 0 Å². The maximum absolute atomic E-state index is 5.22. The topological polar surface area (TPSA) is 12.5 Å². The summed E-state index contributed by atoms with van der Waals surface area (Å²) in [6.07, 6.45) is 10.6. The summed E-state index contributed by atoms with van der Waals surface area (Å²) in [5.74, 6) is 9.01. The highest BCUT2D eigenvalue weighted by atomic mass is 16.5. The van der Waals surface area contributed by atoms with Gasteiger partial charge in [-0.1, -0.05) is 12.3 Å². The van der Waals surface area contributed by atoms with Gasteiger partial charge >= 0.3 is 0 Å². The molecule has 1 fully saturated rings. The van der Waals surface area contributed by atoms with Crippen LogP contribution in [-0.4, -0.2) is 31.3 Å². The van der Waals surface area contributed by atoms with Crippen LogP contribution in [0.2, 0.25) is 0 Å². The predicted molar refractivity (Wildman–Crippen MR) is 62.1 cm³/mol. The average molecular weight is 205 g/mol. The SMILES string of the molecule is C#CCCCCCC#CCN1CCOC1. The molecule has 0 aromatic rings. The first-order chi connectivity index (χ1) is 7.43. The lowest BCUT2D eigenvalue weighted by Crippen LogP contribution is -2.19. The Labute approximate surface area is 93.0 Å². The van der Waals surface area contributed by atoms with Crippen LogP contribution in [-0.2, 0) is 4.74 Å². The molecule has 0 bridgehead atoms. The number of rotatable bonds is 5. The first-order valence-corrected chi connectivity index (χ1v) is 5.63. The van der Waals surface area contributed by atoms with E-state index in [0.29, 0.717) is 0 Å². The zero-order valence-electron chi connectivity index (χ0n) is 9.30. The van der Waals surface area contributed by atoms with Crippen LogP contribution in [0.15, 0.2) is 0 Å². The molecule has 0 aliphatic carbocycles. The van der Waals surface area contributed by atoms with E-state index in [1.807, 2.05) is 0 Å². The summed E-state index contributed by atoms with van der Waals surface area (Å²) in [6.45, 7) is 3.48. The van der Waals surface area contributed by atoms with Crippen molar-refractivity contribution >= 4 is 0 Å². The minimum absolute atomic E-state index is 0.747. The van der Waals surface area contributed by atoms with Crippen molar-refractivity contribution in [2.45, 2.75) is 32.1 Å². The Morgan fingerprint density at radius 1 is 1.13 bits per heavy atom. The molecule has 1 aliphatic rings. The molecule has 1 aliphatic heterocycles. The molecule has 15 heavy (non-hydrogen) atoms. The fourth-order valence-electron chi connectivity index (χ4n) is 1.45. The van der Waals surface area contributed by atoms with Gasteiger partial charge in [-0.2, -0.15) is 0 Å². The van der Waals surface area contributed by atoms with Gasteiger partial charge in [-0.3, -0.25) is 4.90 Å². The average Bonchev–Trinajstić information content (AvgIpc) is 2.75. The lowest BCUT2D eigenvalue weighted by molar-refractivity contribution is 0.148. The smallest absolute Gasteiger partial charge is 0.0999 e. The second-order valence-electron chi connectivity index (χ2n) is 3.71. The van der Waals surface area contributed by atoms with Crippen LogP contribution in [0.25, 0.3) is 0 Å². The van der Waals surface area contributed by atoms with Crippen LogP contribution < -0.4 is 0 Å². The Kier molecular flexibility index (Phi) is 6.75. The Morgan fingerprint density at radius 3 is 2.73 bits per heavy atom. The Bertz CT molecular complexity index is 250. The van der Waals surface area contributed by atoms with E-state index < -0.39 is 0 Å². The summed E-state index contributed by atoms with van der Waals surface area (Å²) in [5.41, 5.74) is 0. The van der Waals surface area contributed by atoms with E-state index in [1.165, 1.54) is 12.8 Å². The van der Waals surface area contributed by atoms with Crippen molar-refractivity contribution in [3.05, 3.63) is 0 Å². The van der Waals surface area contributed by atoms with E-state index >= 15 is 0 Å². The van der Waals surface area contributed by atoms with Crippen molar-refractivity contribution in [1.29, 1.82) is 0 Å². The number of hydrogen-bond acceptors (Lipinski definition) is 2. The summed E-state index contributed by atoms with van der Waals surface area (Å²) >= 11 is 0. The molecule has 0 saturated carbocycles. The number of ether oxygens (including phenoxy) is 1. The lowest BCUT2D eigenvalue weighted by Gasteiger charge is -2.06. The molecule has 82 valence electrons. The minimum atomic E-state index is 0.747. The number of hydrogen-bond donors (Lipinski definition) is 0. The molecule has 0 amide bonds. The molecule has 0 spiro atoms. The van der Waals surface area contributed by atoms with Crippen LogP contribution in [0.5, 0.6) is 0 Å². The third kappa shape index (κ3) is 6.18. The van der Waals surface area contributed by atoms with Gasteiger partial charge < -0.3 is 4.74 Å². The summed E-state index contributed by atoms with van der Waals surface area (Å²) in [4.78, 5) is 2.21. The molecule has 0 radical (unpaired) electrons. The maximum atomic E-state index is 5.22. The zero-order chi connectivity index (χ0) is 10.8. The van der Waals surface area contributed by atoms with E-state index in [2.05, 4.69) is 22.7 Å². The van der Waals surface area contributed by atoms with Gasteiger partial charge in [0.25, 0.3) is 0 Å². The van der Waals surface area contributed by atoms with Gasteiger partial charge in [-0.25, -0.2) is 0 Å². The molecule has 0 aromatic heterocycles. The van der Waals surface area contributed by atoms with Gasteiger partial charge in [-0.15, -0.1) is 18.3 Å². The predicted octanol–water partition coefficient (Wildman–Crippen LogP) is 1.86. The lowest BCUT2D eigenvalue weighted by atomic mass is 10.1. The number of unbranched alkanes of at least 4 members (excludes halogenated alkanes) is 4. The van der Waals surface area contributed by atoms with Gasteiger partial charge in [0.05, 0.1) is 19.9 Å². The summed E-state index contributed by atoms with van der Waals surface area (Å²) in [6, 6.07) is 0. The van der Waals surface area contributed by atoms with E-state index in [9.17, 15) is 0 Å². The molecule has 2 heteroatoms. The second-order valence-corrected chi connectivity index (χ2v) is 3.71. The molecule has 0 unspecified atom stereocenters. The highest BCUT2D eigenvalue weighted by Gasteiger charge is 2.08. The van der Waals surface area contributed by atoms with Crippen LogP contribution >= 0.6 is 0 Å². The number of terminal acetylenes is 1. The first kappa shape index (κ1) is 12.1. The molecule has 0 aromatic carbocycles. The van der Waals surface area contributed by atoms with Crippen molar-refractivity contribution < 1.29 is 4.74 Å². The molecule has 2 nitrogen and oxygen atoms in total. The fraction of sp³-hybridized carbons (Fsp3) is 0.692. The maximum Gasteiger partial charge on any atom is 0.0999 e. The first-order valence-electron chi connectivity index (χ1n) is 5.63. The monoisotopic (exact) mass is 205 g/mol. The highest BCUT2D eigenvalue weighted by Crippen LogP contribution is 2.01. The Morgan fingerprint density at radius 2 is 2.00 bits per heavy atom. The van der Waals surface area contributed by atoms with E-state index in [0.717, 1.165) is 45.7 Å². The molecule has 1 saturated heterocycles. The van der Waals surface area contributed by atoms with Crippen molar-refractivity contribution in [3.63, 3.8) is 0 Å². The van der Waals surface area contributed by atoms with Crippen LogP contribution in [0.1, 0.15) is 32.1 Å². The summed E-state index contributed by atoms with van der Waals surface area (Å²) in [7, 11) is 0. The summed E-state index contributed by atoms with van der Waals surface area (Å²) < 4.78 is 5.22. The van der Waals surface area contributed by atoms with Gasteiger partial charge in [0.15, 0.2) is 0 Å². The largest absolute Gasteiger partial charge is 0.365 e. The van der Waals surface area contributed by atoms with E-state index in [-0.39, 0.29) is 0 Å². The van der Waals surface area contributed by atoms with Gasteiger partial charge in [0.1, 0.15) is 0 Å². The molecule has 0 atom stereocenters. The quantitative estimate of drug-likeness (QED) is 0.502. The Balaban J connectivity index is 1.90. The standard InChI is InChI=1S/C13H19NO/c1-2-3-4-5-6-7-8-9-10-14-11-12-15-13-14/h1H,3-7,10-13H2. The summed E-state index contributed by atoms with van der Waals surface area (Å²) in [5, 5.41) is 0. The third-order valence-corrected chi connectivity index (χ3v) is 2.38. The highest BCUT2D eigenvalue weighted by molar-refractivity contribution is 5.01. The third-order valence-electron chi connectivity index (χ3n) is 2.38. The zero-order valence-corrected chi connectivity index (χ0v) is 9.30. The molecule has 1 rings (SSSR count). The van der Waals surface area contributed by atoms with Crippen molar-refractivity contribution in [3.8, 4) is 24.2 Å². The van der Waals surface area contributed by atoms with Crippen molar-refractivity contribution in [2.24, 2.45) is 0 Å². The molecule has 0 N–H and O–H groups in total.